The molecule has 2 aromatic rings. The molecule has 0 bridgehead atoms. The molecule has 0 aromatic heterocycles. The minimum absolute atomic E-state index is 0. The van der Waals surface area contributed by atoms with Crippen LogP contribution in [0.5, 0.6) is 0 Å². The van der Waals surface area contributed by atoms with Gasteiger partial charge in [0, 0.05) is 5.39 Å². The summed E-state index contributed by atoms with van der Waals surface area (Å²) < 4.78 is 41.1. The first-order chi connectivity index (χ1) is 10.3. The van der Waals surface area contributed by atoms with Crippen molar-refractivity contribution in [3.63, 3.8) is 0 Å². The minimum atomic E-state index is -4.52. The second-order valence-electron chi connectivity index (χ2n) is 4.33. The fourth-order valence-electron chi connectivity index (χ4n) is 2.10. The molecule has 0 aliphatic carbocycles. The van der Waals surface area contributed by atoms with Crippen LogP contribution >= 0.6 is 0 Å². The topological polar surface area (TPSA) is 107 Å². The fourth-order valence-corrected chi connectivity index (χ4v) is 2.64. The maximum absolute atomic E-state index is 11.9. The van der Waals surface area contributed by atoms with Crippen molar-refractivity contribution >= 4 is 62.4 Å². The molecule has 0 saturated carbocycles. The van der Waals surface area contributed by atoms with E-state index in [0.29, 0.717) is 0 Å². The number of methoxy groups -OCH3 is 2. The van der Waals surface area contributed by atoms with E-state index >= 15 is 0 Å². The first-order valence-corrected chi connectivity index (χ1v) is 7.44. The van der Waals surface area contributed by atoms with E-state index < -0.39 is 27.0 Å². The molecule has 2 rings (SSSR count). The van der Waals surface area contributed by atoms with Gasteiger partial charge in [-0.15, -0.1) is 0 Å². The van der Waals surface area contributed by atoms with Gasteiger partial charge in [-0.3, -0.25) is 4.55 Å². The van der Waals surface area contributed by atoms with E-state index in [0.717, 1.165) is 19.2 Å². The van der Waals surface area contributed by atoms with Gasteiger partial charge in [-0.25, -0.2) is 9.59 Å². The molecule has 2 aromatic carbocycles. The molecular formula is C14H13NaO7S. The molecule has 0 radical (unpaired) electrons. The Labute approximate surface area is 154 Å². The van der Waals surface area contributed by atoms with Crippen LogP contribution in [0.4, 0.5) is 0 Å². The molecule has 1 N–H and O–H groups in total. The number of rotatable bonds is 3. The summed E-state index contributed by atoms with van der Waals surface area (Å²) >= 11 is 0. The van der Waals surface area contributed by atoms with E-state index in [-0.39, 0.29) is 51.5 Å². The van der Waals surface area contributed by atoms with Gasteiger partial charge in [-0.05, 0) is 23.6 Å². The molecule has 0 spiro atoms. The third-order valence-electron chi connectivity index (χ3n) is 3.06. The zero-order valence-electron chi connectivity index (χ0n) is 11.7. The van der Waals surface area contributed by atoms with Crippen LogP contribution in [0.1, 0.15) is 20.7 Å². The predicted molar refractivity (Wildman–Crippen MR) is 83.6 cm³/mol. The fraction of sp³-hybridized carbons (Fsp3) is 0.143. The van der Waals surface area contributed by atoms with E-state index in [1.54, 1.807) is 0 Å². The summed E-state index contributed by atoms with van der Waals surface area (Å²) in [6, 6.07) is 6.56. The van der Waals surface area contributed by atoms with Crippen molar-refractivity contribution in [1.29, 1.82) is 0 Å². The van der Waals surface area contributed by atoms with Gasteiger partial charge in [-0.2, -0.15) is 8.42 Å². The van der Waals surface area contributed by atoms with Crippen molar-refractivity contribution in [3.05, 3.63) is 41.5 Å². The second-order valence-corrected chi connectivity index (χ2v) is 5.75. The molecule has 0 heterocycles. The third kappa shape index (κ3) is 3.91. The van der Waals surface area contributed by atoms with Crippen molar-refractivity contribution in [2.24, 2.45) is 0 Å². The molecule has 118 valence electrons. The molecule has 0 saturated heterocycles. The van der Waals surface area contributed by atoms with Gasteiger partial charge in [-0.1, -0.05) is 12.1 Å². The zero-order chi connectivity index (χ0) is 16.5. The van der Waals surface area contributed by atoms with Crippen LogP contribution in [0.25, 0.3) is 10.8 Å². The molecule has 0 amide bonds. The van der Waals surface area contributed by atoms with Crippen LogP contribution in [0, 0.1) is 0 Å². The molecule has 9 heteroatoms. The Bertz CT molecular complexity index is 874. The van der Waals surface area contributed by atoms with Gasteiger partial charge in [0.05, 0.1) is 30.2 Å². The zero-order valence-corrected chi connectivity index (χ0v) is 12.5. The molecule has 7 nitrogen and oxygen atoms in total. The molecule has 0 aliphatic heterocycles. The Balaban J connectivity index is 0.00000264. The third-order valence-corrected chi connectivity index (χ3v) is 3.89. The molecule has 23 heavy (non-hydrogen) atoms. The van der Waals surface area contributed by atoms with Gasteiger partial charge < -0.3 is 9.47 Å². The SMILES string of the molecule is COC(=O)c1cccc2cc(S(=O)(=O)O)cc(C(=O)OC)c12.[NaH]. The number of benzene rings is 2. The number of esters is 2. The van der Waals surface area contributed by atoms with Crippen LogP contribution in [-0.4, -0.2) is 68.7 Å². The number of carbonyl (C=O) groups excluding carboxylic acids is 2. The van der Waals surface area contributed by atoms with Crippen molar-refractivity contribution < 1.29 is 32.0 Å². The van der Waals surface area contributed by atoms with Gasteiger partial charge in [0.15, 0.2) is 0 Å². The standard InChI is InChI=1S/C14H12O7S.Na.H/c1-20-13(15)10-5-3-4-8-6-9(22(17,18)19)7-11(12(8)10)14(16)21-2;;/h3-7H,1-2H3,(H,17,18,19);;. The molecular weight excluding hydrogens is 335 g/mol. The molecule has 0 unspecified atom stereocenters. The number of ether oxygens (including phenoxy) is 2. The Morgan fingerprint density at radius 2 is 1.57 bits per heavy atom. The van der Waals surface area contributed by atoms with E-state index in [4.69, 9.17) is 0 Å². The summed E-state index contributed by atoms with van der Waals surface area (Å²) in [5, 5.41) is 0.465. The summed E-state index contributed by atoms with van der Waals surface area (Å²) in [6.07, 6.45) is 0. The first kappa shape index (κ1) is 19.6. The quantitative estimate of drug-likeness (QED) is 0.501. The number of carbonyl (C=O) groups is 2. The summed E-state index contributed by atoms with van der Waals surface area (Å²) in [7, 11) is -2.22. The van der Waals surface area contributed by atoms with Gasteiger partial charge >= 0.3 is 41.5 Å². The summed E-state index contributed by atoms with van der Waals surface area (Å²) in [5.41, 5.74) is -0.0732. The van der Waals surface area contributed by atoms with Gasteiger partial charge in [0.2, 0.25) is 0 Å². The number of fused-ring (bicyclic) bond motifs is 1. The van der Waals surface area contributed by atoms with Gasteiger partial charge in [0.1, 0.15) is 0 Å². The van der Waals surface area contributed by atoms with E-state index in [1.807, 2.05) is 0 Å². The Kier molecular flexibility index (Phi) is 6.32. The van der Waals surface area contributed by atoms with Gasteiger partial charge in [0.25, 0.3) is 10.1 Å². The van der Waals surface area contributed by atoms with Crippen LogP contribution < -0.4 is 0 Å². The first-order valence-electron chi connectivity index (χ1n) is 6.00. The van der Waals surface area contributed by atoms with E-state index in [9.17, 15) is 22.6 Å². The average molecular weight is 348 g/mol. The van der Waals surface area contributed by atoms with Crippen LogP contribution in [0.2, 0.25) is 0 Å². The van der Waals surface area contributed by atoms with E-state index in [1.165, 1.54) is 25.3 Å². The average Bonchev–Trinajstić information content (AvgIpc) is 2.50. The maximum atomic E-state index is 11.9. The van der Waals surface area contributed by atoms with Crippen molar-refractivity contribution in [3.8, 4) is 0 Å². The normalized spacial score (nSPS) is 10.7. The van der Waals surface area contributed by atoms with Crippen molar-refractivity contribution in [2.75, 3.05) is 14.2 Å². The number of hydrogen-bond donors (Lipinski definition) is 1. The van der Waals surface area contributed by atoms with E-state index in [2.05, 4.69) is 9.47 Å². The Morgan fingerprint density at radius 3 is 2.09 bits per heavy atom. The van der Waals surface area contributed by atoms with Crippen LogP contribution in [0.15, 0.2) is 35.2 Å². The van der Waals surface area contributed by atoms with Crippen LogP contribution in [0.3, 0.4) is 0 Å². The van der Waals surface area contributed by atoms with Crippen LogP contribution in [-0.2, 0) is 19.6 Å². The monoisotopic (exact) mass is 348 g/mol. The molecule has 0 aliphatic rings. The molecule has 0 fully saturated rings. The Hall–Kier alpha value is -1.45. The number of hydrogen-bond acceptors (Lipinski definition) is 6. The predicted octanol–water partition coefficient (Wildman–Crippen LogP) is 1.01. The Morgan fingerprint density at radius 1 is 1.00 bits per heavy atom. The molecule has 0 atom stereocenters. The summed E-state index contributed by atoms with van der Waals surface area (Å²) in [4.78, 5) is 23.3. The second kappa shape index (κ2) is 7.41. The van der Waals surface area contributed by atoms with Crippen molar-refractivity contribution in [1.82, 2.24) is 0 Å². The summed E-state index contributed by atoms with van der Waals surface area (Å²) in [6.45, 7) is 0. The van der Waals surface area contributed by atoms with Crippen molar-refractivity contribution in [2.45, 2.75) is 4.90 Å². The summed E-state index contributed by atoms with van der Waals surface area (Å²) in [5.74, 6) is -1.53.